The maximum atomic E-state index is 6.32. The summed E-state index contributed by atoms with van der Waals surface area (Å²) in [5.74, 6) is 0.509. The highest BCUT2D eigenvalue weighted by atomic mass is 35.5. The smallest absolute Gasteiger partial charge is 0.239 e. The molecule has 0 spiro atoms. The van der Waals surface area contributed by atoms with Crippen molar-refractivity contribution < 1.29 is 4.42 Å². The molecule has 0 aliphatic carbocycles. The van der Waals surface area contributed by atoms with Gasteiger partial charge in [0, 0.05) is 22.2 Å². The van der Waals surface area contributed by atoms with E-state index in [4.69, 9.17) is 21.8 Å². The molecule has 0 saturated carbocycles. The third-order valence-corrected chi connectivity index (χ3v) is 4.89. The Morgan fingerprint density at radius 1 is 1.18 bits per heavy atom. The molecule has 0 unspecified atom stereocenters. The predicted octanol–water partition coefficient (Wildman–Crippen LogP) is 4.96. The lowest BCUT2D eigenvalue weighted by atomic mass is 10.1. The van der Waals surface area contributed by atoms with Crippen molar-refractivity contribution in [3.8, 4) is 10.8 Å². The summed E-state index contributed by atoms with van der Waals surface area (Å²) in [6.45, 7) is 4.01. The lowest BCUT2D eigenvalue weighted by Crippen LogP contribution is -1.89. The number of thiophene rings is 1. The normalized spacial score (nSPS) is 11.6. The number of fused-ring (bicyclic) bond motifs is 2. The minimum atomic E-state index is 0.509. The molecular formula is C16H12ClN3OS. The van der Waals surface area contributed by atoms with Gasteiger partial charge in [0.1, 0.15) is 15.2 Å². The number of aryl methyl sites for hydroxylation is 2. The summed E-state index contributed by atoms with van der Waals surface area (Å²) in [6, 6.07) is 7.41. The van der Waals surface area contributed by atoms with Crippen LogP contribution in [0.3, 0.4) is 0 Å². The van der Waals surface area contributed by atoms with E-state index in [1.54, 1.807) is 12.1 Å². The highest BCUT2D eigenvalue weighted by Crippen LogP contribution is 2.42. The van der Waals surface area contributed by atoms with E-state index in [0.717, 1.165) is 31.9 Å². The molecule has 1 aromatic carbocycles. The molecule has 3 heterocycles. The van der Waals surface area contributed by atoms with E-state index in [0.29, 0.717) is 22.2 Å². The molecule has 0 amide bonds. The standard InChI is InChI=1S/C16H12ClN3OS/c1-7-5-8(2)19-16-12(7)13(18)14(22-16)15-20-10-4-3-9(17)6-11(10)21-15/h3-6H,18H2,1-2H3. The molecule has 0 saturated heterocycles. The molecule has 0 atom stereocenters. The topological polar surface area (TPSA) is 64.9 Å². The molecule has 0 bridgehead atoms. The Bertz CT molecular complexity index is 1030. The number of aromatic nitrogens is 2. The van der Waals surface area contributed by atoms with Crippen LogP contribution in [0.15, 0.2) is 28.7 Å². The summed E-state index contributed by atoms with van der Waals surface area (Å²) >= 11 is 7.49. The van der Waals surface area contributed by atoms with Gasteiger partial charge < -0.3 is 10.2 Å². The molecule has 4 aromatic rings. The van der Waals surface area contributed by atoms with E-state index in [-0.39, 0.29) is 0 Å². The number of nitrogen functional groups attached to an aromatic ring is 1. The lowest BCUT2D eigenvalue weighted by Gasteiger charge is -1.99. The summed E-state index contributed by atoms with van der Waals surface area (Å²) in [7, 11) is 0. The van der Waals surface area contributed by atoms with Crippen molar-refractivity contribution >= 4 is 49.9 Å². The molecule has 3 aromatic heterocycles. The van der Waals surface area contributed by atoms with Gasteiger partial charge in [0.05, 0.1) is 5.69 Å². The highest BCUT2D eigenvalue weighted by molar-refractivity contribution is 7.22. The van der Waals surface area contributed by atoms with Gasteiger partial charge in [0.2, 0.25) is 5.89 Å². The second-order valence-electron chi connectivity index (χ2n) is 5.24. The van der Waals surface area contributed by atoms with Crippen LogP contribution in [-0.2, 0) is 0 Å². The van der Waals surface area contributed by atoms with Crippen molar-refractivity contribution in [2.24, 2.45) is 0 Å². The minimum Gasteiger partial charge on any atom is -0.435 e. The van der Waals surface area contributed by atoms with Crippen molar-refractivity contribution in [2.75, 3.05) is 5.73 Å². The first-order valence-electron chi connectivity index (χ1n) is 6.75. The van der Waals surface area contributed by atoms with Crippen LogP contribution in [0.4, 0.5) is 5.69 Å². The number of halogens is 1. The predicted molar refractivity (Wildman–Crippen MR) is 91.5 cm³/mol. The van der Waals surface area contributed by atoms with Gasteiger partial charge in [0.25, 0.3) is 0 Å². The molecule has 6 heteroatoms. The van der Waals surface area contributed by atoms with Gasteiger partial charge in [-0.3, -0.25) is 0 Å². The van der Waals surface area contributed by atoms with E-state index in [2.05, 4.69) is 9.97 Å². The van der Waals surface area contributed by atoms with Crippen LogP contribution in [0.1, 0.15) is 11.3 Å². The Morgan fingerprint density at radius 2 is 2.00 bits per heavy atom. The van der Waals surface area contributed by atoms with E-state index in [1.165, 1.54) is 11.3 Å². The van der Waals surface area contributed by atoms with Gasteiger partial charge in [0.15, 0.2) is 5.58 Å². The number of nitrogens with two attached hydrogens (primary N) is 1. The second-order valence-corrected chi connectivity index (χ2v) is 6.67. The highest BCUT2D eigenvalue weighted by Gasteiger charge is 2.19. The van der Waals surface area contributed by atoms with Gasteiger partial charge in [-0.2, -0.15) is 0 Å². The van der Waals surface area contributed by atoms with Gasteiger partial charge in [-0.15, -0.1) is 11.3 Å². The number of oxazole rings is 1. The fourth-order valence-corrected chi connectivity index (χ4v) is 3.93. The number of benzene rings is 1. The molecule has 4 nitrogen and oxygen atoms in total. The zero-order valence-corrected chi connectivity index (χ0v) is 13.5. The summed E-state index contributed by atoms with van der Waals surface area (Å²) in [5.41, 5.74) is 10.5. The molecule has 2 N–H and O–H groups in total. The fourth-order valence-electron chi connectivity index (χ4n) is 2.62. The molecule has 0 fully saturated rings. The minimum absolute atomic E-state index is 0.509. The third kappa shape index (κ3) is 1.97. The number of nitrogens with zero attached hydrogens (tertiary/aromatic N) is 2. The van der Waals surface area contributed by atoms with E-state index >= 15 is 0 Å². The maximum Gasteiger partial charge on any atom is 0.239 e. The summed E-state index contributed by atoms with van der Waals surface area (Å²) < 4.78 is 5.82. The first kappa shape index (κ1) is 13.5. The summed E-state index contributed by atoms with van der Waals surface area (Å²) in [5, 5.41) is 1.60. The molecule has 0 radical (unpaired) electrons. The van der Waals surface area contributed by atoms with Crippen LogP contribution < -0.4 is 5.73 Å². The second kappa shape index (κ2) is 4.69. The van der Waals surface area contributed by atoms with Crippen molar-refractivity contribution in [3.05, 3.63) is 40.5 Å². The maximum absolute atomic E-state index is 6.32. The number of hydrogen-bond acceptors (Lipinski definition) is 5. The zero-order chi connectivity index (χ0) is 15.4. The third-order valence-electron chi connectivity index (χ3n) is 3.57. The Hall–Kier alpha value is -2.11. The average Bonchev–Trinajstić information content (AvgIpc) is 2.99. The number of hydrogen-bond donors (Lipinski definition) is 1. The van der Waals surface area contributed by atoms with E-state index in [9.17, 15) is 0 Å². The largest absolute Gasteiger partial charge is 0.435 e. The van der Waals surface area contributed by atoms with Crippen LogP contribution in [0.2, 0.25) is 5.02 Å². The van der Waals surface area contributed by atoms with Crippen LogP contribution in [0.5, 0.6) is 0 Å². The van der Waals surface area contributed by atoms with Crippen LogP contribution >= 0.6 is 22.9 Å². The summed E-state index contributed by atoms with van der Waals surface area (Å²) in [6.07, 6.45) is 0. The first-order valence-corrected chi connectivity index (χ1v) is 7.95. The molecule has 0 aliphatic heterocycles. The summed E-state index contributed by atoms with van der Waals surface area (Å²) in [4.78, 5) is 10.8. The Balaban J connectivity index is 1.99. The molecule has 22 heavy (non-hydrogen) atoms. The average molecular weight is 330 g/mol. The Labute approximate surface area is 135 Å². The molecule has 0 aliphatic rings. The van der Waals surface area contributed by atoms with Gasteiger partial charge >= 0.3 is 0 Å². The SMILES string of the molecule is Cc1cc(C)c2c(N)c(-c3nc4ccc(Cl)cc4o3)sc2n1. The first-order chi connectivity index (χ1) is 10.5. The molecule has 4 rings (SSSR count). The number of pyridine rings is 1. The zero-order valence-electron chi connectivity index (χ0n) is 12.0. The molecular weight excluding hydrogens is 318 g/mol. The fraction of sp³-hybridized carbons (Fsp3) is 0.125. The van der Waals surface area contributed by atoms with Crippen molar-refractivity contribution in [1.82, 2.24) is 9.97 Å². The van der Waals surface area contributed by atoms with Crippen molar-refractivity contribution in [2.45, 2.75) is 13.8 Å². The number of anilines is 1. The van der Waals surface area contributed by atoms with Gasteiger partial charge in [-0.1, -0.05) is 11.6 Å². The quantitative estimate of drug-likeness (QED) is 0.536. The number of rotatable bonds is 1. The van der Waals surface area contributed by atoms with Crippen molar-refractivity contribution in [1.29, 1.82) is 0 Å². The molecule has 110 valence electrons. The van der Waals surface area contributed by atoms with Crippen LogP contribution in [-0.4, -0.2) is 9.97 Å². The van der Waals surface area contributed by atoms with Gasteiger partial charge in [-0.05, 0) is 37.6 Å². The Morgan fingerprint density at radius 3 is 2.82 bits per heavy atom. The van der Waals surface area contributed by atoms with Crippen LogP contribution in [0, 0.1) is 13.8 Å². The van der Waals surface area contributed by atoms with E-state index in [1.807, 2.05) is 26.0 Å². The lowest BCUT2D eigenvalue weighted by molar-refractivity contribution is 0.622. The van der Waals surface area contributed by atoms with E-state index < -0.39 is 0 Å². The Kier molecular flexibility index (Phi) is 2.89. The van der Waals surface area contributed by atoms with Crippen LogP contribution in [0.25, 0.3) is 32.1 Å². The van der Waals surface area contributed by atoms with Gasteiger partial charge in [-0.25, -0.2) is 9.97 Å². The monoisotopic (exact) mass is 329 g/mol. The van der Waals surface area contributed by atoms with Crippen molar-refractivity contribution in [3.63, 3.8) is 0 Å².